The lowest BCUT2D eigenvalue weighted by atomic mass is 10.1. The molecule has 3 aromatic carbocycles. The fourth-order valence-electron chi connectivity index (χ4n) is 3.35. The van der Waals surface area contributed by atoms with E-state index in [1.165, 1.54) is 6.07 Å². The van der Waals surface area contributed by atoms with E-state index in [1.54, 1.807) is 67.6 Å². The van der Waals surface area contributed by atoms with Crippen molar-refractivity contribution in [1.82, 2.24) is 4.90 Å². The molecule has 2 amide bonds. The van der Waals surface area contributed by atoms with Crippen molar-refractivity contribution in [3.63, 3.8) is 0 Å². The van der Waals surface area contributed by atoms with Crippen molar-refractivity contribution in [2.75, 3.05) is 6.61 Å². The maximum absolute atomic E-state index is 12.9. The fraction of sp³-hybridized carbons (Fsp3) is 0.115. The number of carbonyl (C=O) groups excluding carboxylic acids is 3. The van der Waals surface area contributed by atoms with Gasteiger partial charge in [0.1, 0.15) is 0 Å². The molecule has 1 aliphatic rings. The average molecular weight is 563 g/mol. The maximum Gasteiger partial charge on any atom is 0.343 e. The number of amides is 2. The van der Waals surface area contributed by atoms with Crippen molar-refractivity contribution in [2.24, 2.45) is 0 Å². The van der Waals surface area contributed by atoms with Crippen molar-refractivity contribution < 1.29 is 23.9 Å². The Labute approximate surface area is 226 Å². The molecule has 4 rings (SSSR count). The third-order valence-electron chi connectivity index (χ3n) is 5.05. The minimum Gasteiger partial charge on any atom is -0.490 e. The second-order valence-corrected chi connectivity index (χ2v) is 9.82. The summed E-state index contributed by atoms with van der Waals surface area (Å²) in [5.74, 6) is -0.503. The number of hydrogen-bond acceptors (Lipinski definition) is 6. The molecule has 0 radical (unpaired) electrons. The maximum atomic E-state index is 12.9. The van der Waals surface area contributed by atoms with Crippen molar-refractivity contribution in [2.45, 2.75) is 13.5 Å². The van der Waals surface area contributed by atoms with Gasteiger partial charge in [0.25, 0.3) is 11.1 Å². The summed E-state index contributed by atoms with van der Waals surface area (Å²) in [5, 5.41) is 0.839. The van der Waals surface area contributed by atoms with E-state index in [-0.39, 0.29) is 17.2 Å². The van der Waals surface area contributed by atoms with Gasteiger partial charge in [-0.2, -0.15) is 0 Å². The van der Waals surface area contributed by atoms with Crippen LogP contribution in [0.1, 0.15) is 28.4 Å². The summed E-state index contributed by atoms with van der Waals surface area (Å²) in [6, 6.07) is 16.1. The summed E-state index contributed by atoms with van der Waals surface area (Å²) >= 11 is 18.9. The van der Waals surface area contributed by atoms with Crippen LogP contribution in [0, 0.1) is 0 Å². The van der Waals surface area contributed by atoms with Crippen molar-refractivity contribution >= 4 is 69.8 Å². The number of imide groups is 1. The quantitative estimate of drug-likeness (QED) is 0.169. The molecule has 0 atom stereocenters. The largest absolute Gasteiger partial charge is 0.490 e. The molecule has 10 heteroatoms. The highest BCUT2D eigenvalue weighted by atomic mass is 35.5. The molecule has 0 spiro atoms. The number of esters is 1. The normalized spacial score (nSPS) is 14.4. The number of rotatable bonds is 7. The predicted octanol–water partition coefficient (Wildman–Crippen LogP) is 7.50. The van der Waals surface area contributed by atoms with Crippen LogP contribution in [0.4, 0.5) is 4.79 Å². The molecule has 36 heavy (non-hydrogen) atoms. The van der Waals surface area contributed by atoms with Gasteiger partial charge >= 0.3 is 5.97 Å². The lowest BCUT2D eigenvalue weighted by Gasteiger charge is -2.14. The van der Waals surface area contributed by atoms with Gasteiger partial charge in [-0.25, -0.2) is 4.79 Å². The van der Waals surface area contributed by atoms with E-state index in [2.05, 4.69) is 0 Å². The van der Waals surface area contributed by atoms with Crippen molar-refractivity contribution in [3.8, 4) is 11.5 Å². The van der Waals surface area contributed by atoms with Crippen molar-refractivity contribution in [1.29, 1.82) is 0 Å². The summed E-state index contributed by atoms with van der Waals surface area (Å²) in [6.07, 6.45) is 1.58. The van der Waals surface area contributed by atoms with E-state index in [0.29, 0.717) is 44.1 Å². The summed E-state index contributed by atoms with van der Waals surface area (Å²) in [6.45, 7) is 2.15. The molecule has 1 aliphatic heterocycles. The van der Waals surface area contributed by atoms with Crippen LogP contribution in [0.15, 0.2) is 65.6 Å². The van der Waals surface area contributed by atoms with E-state index < -0.39 is 17.1 Å². The van der Waals surface area contributed by atoms with E-state index in [4.69, 9.17) is 44.3 Å². The van der Waals surface area contributed by atoms with Gasteiger partial charge in [0, 0.05) is 15.1 Å². The van der Waals surface area contributed by atoms with E-state index in [1.807, 2.05) is 0 Å². The summed E-state index contributed by atoms with van der Waals surface area (Å²) in [5.41, 5.74) is 1.49. The lowest BCUT2D eigenvalue weighted by molar-refractivity contribution is -0.123. The van der Waals surface area contributed by atoms with Gasteiger partial charge in [0.15, 0.2) is 11.5 Å². The van der Waals surface area contributed by atoms with E-state index >= 15 is 0 Å². The zero-order valence-electron chi connectivity index (χ0n) is 18.8. The van der Waals surface area contributed by atoms with Gasteiger partial charge in [0.2, 0.25) is 0 Å². The van der Waals surface area contributed by atoms with Crippen LogP contribution in [0.2, 0.25) is 15.1 Å². The molecule has 0 N–H and O–H groups in total. The number of nitrogens with zero attached hydrogens (tertiary/aromatic N) is 1. The summed E-state index contributed by atoms with van der Waals surface area (Å²) < 4.78 is 11.2. The van der Waals surface area contributed by atoms with Crippen LogP contribution in [0.3, 0.4) is 0 Å². The highest BCUT2D eigenvalue weighted by Crippen LogP contribution is 2.36. The smallest absolute Gasteiger partial charge is 0.343 e. The van der Waals surface area contributed by atoms with Crippen LogP contribution in [0.25, 0.3) is 6.08 Å². The molecule has 1 heterocycles. The van der Waals surface area contributed by atoms with Gasteiger partial charge in [-0.1, -0.05) is 53.0 Å². The summed E-state index contributed by atoms with van der Waals surface area (Å²) in [7, 11) is 0. The zero-order chi connectivity index (χ0) is 25.8. The number of carbonyl (C=O) groups is 3. The Morgan fingerprint density at radius 1 is 0.972 bits per heavy atom. The van der Waals surface area contributed by atoms with Gasteiger partial charge < -0.3 is 9.47 Å². The molecule has 0 saturated carbocycles. The third kappa shape index (κ3) is 6.05. The third-order valence-corrected chi connectivity index (χ3v) is 6.77. The van der Waals surface area contributed by atoms with Crippen LogP contribution in [-0.2, 0) is 11.3 Å². The first-order valence-electron chi connectivity index (χ1n) is 10.7. The first kappa shape index (κ1) is 26.1. The first-order valence-corrected chi connectivity index (χ1v) is 12.6. The second-order valence-electron chi connectivity index (χ2n) is 7.54. The zero-order valence-corrected chi connectivity index (χ0v) is 21.9. The minimum absolute atomic E-state index is 0.0284. The van der Waals surface area contributed by atoms with Crippen LogP contribution >= 0.6 is 46.6 Å². The Bertz CT molecular complexity index is 1390. The highest BCUT2D eigenvalue weighted by Gasteiger charge is 2.35. The standard InChI is InChI=1S/C26H18Cl3NO5S/c1-2-34-22-10-15(6-9-21(22)35-25(32)16-4-3-5-18(27)12-16)11-23-24(31)30(26(33)36-23)14-17-7-8-19(28)13-20(17)29/h3-13H,2,14H2,1H3/b23-11-. The number of hydrogen-bond donors (Lipinski definition) is 0. The van der Waals surface area contributed by atoms with E-state index in [0.717, 1.165) is 16.7 Å². The molecular weight excluding hydrogens is 545 g/mol. The molecule has 6 nitrogen and oxygen atoms in total. The monoisotopic (exact) mass is 561 g/mol. The van der Waals surface area contributed by atoms with Crippen LogP contribution in [0.5, 0.6) is 11.5 Å². The number of thioether (sulfide) groups is 1. The number of halogens is 3. The Morgan fingerprint density at radius 3 is 2.47 bits per heavy atom. The molecule has 0 bridgehead atoms. The average Bonchev–Trinajstić information content (AvgIpc) is 3.09. The fourth-order valence-corrected chi connectivity index (χ4v) is 4.85. The van der Waals surface area contributed by atoms with Gasteiger partial charge in [0.05, 0.1) is 23.6 Å². The predicted molar refractivity (Wildman–Crippen MR) is 142 cm³/mol. The Hall–Kier alpha value is -2.97. The second kappa shape index (κ2) is 11.4. The van der Waals surface area contributed by atoms with Gasteiger partial charge in [-0.3, -0.25) is 14.5 Å². The number of benzene rings is 3. The Kier molecular flexibility index (Phi) is 8.26. The van der Waals surface area contributed by atoms with E-state index in [9.17, 15) is 14.4 Å². The van der Waals surface area contributed by atoms with Gasteiger partial charge in [-0.15, -0.1) is 0 Å². The number of ether oxygens (including phenoxy) is 2. The molecule has 1 saturated heterocycles. The molecule has 1 fully saturated rings. The minimum atomic E-state index is -0.590. The Morgan fingerprint density at radius 2 is 1.75 bits per heavy atom. The van der Waals surface area contributed by atoms with Crippen LogP contribution in [-0.4, -0.2) is 28.6 Å². The molecule has 0 aliphatic carbocycles. The first-order chi connectivity index (χ1) is 17.2. The van der Waals surface area contributed by atoms with Crippen molar-refractivity contribution in [3.05, 3.63) is 97.3 Å². The summed E-state index contributed by atoms with van der Waals surface area (Å²) in [4.78, 5) is 39.4. The SMILES string of the molecule is CCOc1cc(/C=C2\SC(=O)N(Cc3ccc(Cl)cc3Cl)C2=O)ccc1OC(=O)c1cccc(Cl)c1. The molecule has 3 aromatic rings. The van der Waals surface area contributed by atoms with Crippen LogP contribution < -0.4 is 9.47 Å². The van der Waals surface area contributed by atoms with Gasteiger partial charge in [-0.05, 0) is 78.4 Å². The molecule has 0 aromatic heterocycles. The molecular formula is C26H18Cl3NO5S. The highest BCUT2D eigenvalue weighted by molar-refractivity contribution is 8.18. The lowest BCUT2D eigenvalue weighted by Crippen LogP contribution is -2.27. The molecule has 184 valence electrons. The Balaban J connectivity index is 1.54. The topological polar surface area (TPSA) is 72.9 Å². The molecule has 0 unspecified atom stereocenters.